The Morgan fingerprint density at radius 3 is 3.00 bits per heavy atom. The van der Waals surface area contributed by atoms with E-state index in [1.165, 1.54) is 31.2 Å². The molecule has 0 saturated carbocycles. The first-order valence-corrected chi connectivity index (χ1v) is 8.44. The number of sulfonamides is 1. The van der Waals surface area contributed by atoms with Crippen LogP contribution < -0.4 is 10.5 Å². The van der Waals surface area contributed by atoms with E-state index in [1.807, 2.05) is 11.8 Å². The molecular weight excluding hydrogens is 270 g/mol. The molecule has 1 aromatic heterocycles. The highest BCUT2D eigenvalue weighted by atomic mass is 32.2. The summed E-state index contributed by atoms with van der Waals surface area (Å²) < 4.78 is 26.7. The standard InChI is InChI=1S/C11H17N3O2S2/c12-11-7-10(4-5-13-11)18(15,16)14-8-9-3-1-2-6-17-9/h4-5,7,9,14H,1-3,6,8H2,(H2,12,13). The van der Waals surface area contributed by atoms with Gasteiger partial charge in [0.2, 0.25) is 10.0 Å². The largest absolute Gasteiger partial charge is 0.384 e. The number of hydrogen-bond acceptors (Lipinski definition) is 5. The first-order chi connectivity index (χ1) is 8.58. The van der Waals surface area contributed by atoms with Gasteiger partial charge in [0.05, 0.1) is 4.90 Å². The maximum Gasteiger partial charge on any atom is 0.240 e. The summed E-state index contributed by atoms with van der Waals surface area (Å²) in [4.78, 5) is 3.96. The Kier molecular flexibility index (Phi) is 4.47. The van der Waals surface area contributed by atoms with Crippen LogP contribution in [0.15, 0.2) is 23.2 Å². The Hall–Kier alpha value is -0.790. The fourth-order valence-corrected chi connectivity index (χ4v) is 4.30. The lowest BCUT2D eigenvalue weighted by molar-refractivity contribution is 0.573. The van der Waals surface area contributed by atoms with Crippen molar-refractivity contribution in [3.63, 3.8) is 0 Å². The predicted octanol–water partition coefficient (Wildman–Crippen LogP) is 1.23. The van der Waals surface area contributed by atoms with E-state index in [0.29, 0.717) is 11.8 Å². The van der Waals surface area contributed by atoms with Crippen molar-refractivity contribution in [2.45, 2.75) is 29.4 Å². The molecule has 2 heterocycles. The van der Waals surface area contributed by atoms with Crippen LogP contribution in [0.25, 0.3) is 0 Å². The number of hydrogen-bond donors (Lipinski definition) is 2. The Balaban J connectivity index is 1.98. The number of nitrogen functional groups attached to an aromatic ring is 1. The van der Waals surface area contributed by atoms with Gasteiger partial charge in [-0.05, 0) is 24.7 Å². The van der Waals surface area contributed by atoms with Crippen LogP contribution in [-0.2, 0) is 10.0 Å². The van der Waals surface area contributed by atoms with Gasteiger partial charge in [0.15, 0.2) is 0 Å². The van der Waals surface area contributed by atoms with Crippen LogP contribution in [0.3, 0.4) is 0 Å². The number of nitrogens with one attached hydrogen (secondary N) is 1. The number of nitrogens with two attached hydrogens (primary N) is 1. The second-order valence-electron chi connectivity index (χ2n) is 4.26. The zero-order valence-corrected chi connectivity index (χ0v) is 11.6. The van der Waals surface area contributed by atoms with Gasteiger partial charge < -0.3 is 5.73 Å². The SMILES string of the molecule is Nc1cc(S(=O)(=O)NCC2CCCCS2)ccn1. The van der Waals surface area contributed by atoms with Gasteiger partial charge in [0, 0.05) is 24.1 Å². The summed E-state index contributed by atoms with van der Waals surface area (Å²) in [5.74, 6) is 1.33. The van der Waals surface area contributed by atoms with Crippen molar-refractivity contribution in [3.05, 3.63) is 18.3 Å². The van der Waals surface area contributed by atoms with Crippen LogP contribution in [0.4, 0.5) is 5.82 Å². The van der Waals surface area contributed by atoms with Crippen LogP contribution >= 0.6 is 11.8 Å². The maximum atomic E-state index is 12.0. The number of rotatable bonds is 4. The van der Waals surface area contributed by atoms with E-state index in [-0.39, 0.29) is 10.7 Å². The molecule has 1 aliphatic rings. The van der Waals surface area contributed by atoms with E-state index in [0.717, 1.165) is 12.2 Å². The first kappa shape index (κ1) is 13.6. The Bertz CT molecular complexity index is 499. The van der Waals surface area contributed by atoms with Gasteiger partial charge in [-0.15, -0.1) is 0 Å². The molecule has 0 spiro atoms. The van der Waals surface area contributed by atoms with E-state index in [2.05, 4.69) is 9.71 Å². The Morgan fingerprint density at radius 2 is 2.33 bits per heavy atom. The smallest absolute Gasteiger partial charge is 0.240 e. The fourth-order valence-electron chi connectivity index (χ4n) is 1.85. The zero-order chi connectivity index (χ0) is 13.0. The highest BCUT2D eigenvalue weighted by molar-refractivity contribution is 8.00. The summed E-state index contributed by atoms with van der Waals surface area (Å²) in [6, 6.07) is 2.82. The average molecular weight is 287 g/mol. The average Bonchev–Trinajstić information content (AvgIpc) is 2.38. The molecule has 1 fully saturated rings. The van der Waals surface area contributed by atoms with Gasteiger partial charge in [-0.3, -0.25) is 0 Å². The minimum atomic E-state index is -3.47. The molecular formula is C11H17N3O2S2. The number of pyridine rings is 1. The summed E-state index contributed by atoms with van der Waals surface area (Å²) in [5, 5.41) is 0.382. The molecule has 7 heteroatoms. The summed E-state index contributed by atoms with van der Waals surface area (Å²) in [6.45, 7) is 0.481. The van der Waals surface area contributed by atoms with Crippen molar-refractivity contribution >= 4 is 27.6 Å². The lowest BCUT2D eigenvalue weighted by Gasteiger charge is -2.21. The van der Waals surface area contributed by atoms with E-state index in [4.69, 9.17) is 5.73 Å². The van der Waals surface area contributed by atoms with Gasteiger partial charge in [-0.1, -0.05) is 6.42 Å². The minimum Gasteiger partial charge on any atom is -0.384 e. The van der Waals surface area contributed by atoms with Gasteiger partial charge in [0.25, 0.3) is 0 Å². The van der Waals surface area contributed by atoms with E-state index >= 15 is 0 Å². The predicted molar refractivity (Wildman–Crippen MR) is 73.9 cm³/mol. The van der Waals surface area contributed by atoms with E-state index in [1.54, 1.807) is 0 Å². The first-order valence-electron chi connectivity index (χ1n) is 5.91. The van der Waals surface area contributed by atoms with Crippen LogP contribution in [0.1, 0.15) is 19.3 Å². The molecule has 100 valence electrons. The number of anilines is 1. The lowest BCUT2D eigenvalue weighted by Crippen LogP contribution is -2.32. The molecule has 0 bridgehead atoms. The van der Waals surface area contributed by atoms with E-state index in [9.17, 15) is 8.42 Å². The molecule has 0 aliphatic carbocycles. The summed E-state index contributed by atoms with van der Waals surface area (Å²) in [6.07, 6.45) is 4.89. The fraction of sp³-hybridized carbons (Fsp3) is 0.545. The van der Waals surface area contributed by atoms with Gasteiger partial charge >= 0.3 is 0 Å². The van der Waals surface area contributed by atoms with Gasteiger partial charge in [0.1, 0.15) is 5.82 Å². The van der Waals surface area contributed by atoms with Crippen LogP contribution in [0.2, 0.25) is 0 Å². The topological polar surface area (TPSA) is 85.1 Å². The zero-order valence-electron chi connectivity index (χ0n) is 10.0. The molecule has 1 saturated heterocycles. The Morgan fingerprint density at radius 1 is 1.50 bits per heavy atom. The molecule has 0 radical (unpaired) electrons. The van der Waals surface area contributed by atoms with Gasteiger partial charge in [-0.25, -0.2) is 18.1 Å². The quantitative estimate of drug-likeness (QED) is 0.870. The number of nitrogens with zero attached hydrogens (tertiary/aromatic N) is 1. The molecule has 1 aliphatic heterocycles. The molecule has 5 nitrogen and oxygen atoms in total. The molecule has 1 unspecified atom stereocenters. The Labute approximate surface area is 112 Å². The molecule has 0 amide bonds. The minimum absolute atomic E-state index is 0.177. The highest BCUT2D eigenvalue weighted by Gasteiger charge is 2.19. The maximum absolute atomic E-state index is 12.0. The van der Waals surface area contributed by atoms with E-state index < -0.39 is 10.0 Å². The molecule has 1 atom stereocenters. The second-order valence-corrected chi connectivity index (χ2v) is 7.43. The summed E-state index contributed by atoms with van der Waals surface area (Å²) >= 11 is 1.84. The molecule has 3 N–H and O–H groups in total. The van der Waals surface area contributed by atoms with Crippen LogP contribution in [0.5, 0.6) is 0 Å². The normalized spacial score (nSPS) is 20.8. The lowest BCUT2D eigenvalue weighted by atomic mass is 10.2. The van der Waals surface area contributed by atoms with Crippen molar-refractivity contribution in [2.24, 2.45) is 0 Å². The van der Waals surface area contributed by atoms with Crippen LogP contribution in [0, 0.1) is 0 Å². The molecule has 2 rings (SSSR count). The van der Waals surface area contributed by atoms with Crippen molar-refractivity contribution in [3.8, 4) is 0 Å². The molecule has 1 aromatic rings. The summed E-state index contributed by atoms with van der Waals surface area (Å²) in [7, 11) is -3.47. The van der Waals surface area contributed by atoms with Crippen LogP contribution in [-0.4, -0.2) is 30.9 Å². The summed E-state index contributed by atoms with van der Waals surface area (Å²) in [5.41, 5.74) is 5.49. The molecule has 0 aromatic carbocycles. The second kappa shape index (κ2) is 5.90. The third kappa shape index (κ3) is 3.60. The third-order valence-electron chi connectivity index (χ3n) is 2.84. The van der Waals surface area contributed by atoms with Gasteiger partial charge in [-0.2, -0.15) is 11.8 Å². The van der Waals surface area contributed by atoms with Crippen molar-refractivity contribution in [1.29, 1.82) is 0 Å². The van der Waals surface area contributed by atoms with Crippen molar-refractivity contribution in [1.82, 2.24) is 9.71 Å². The number of aromatic nitrogens is 1. The highest BCUT2D eigenvalue weighted by Crippen LogP contribution is 2.24. The van der Waals surface area contributed by atoms with Crippen molar-refractivity contribution < 1.29 is 8.42 Å². The molecule has 18 heavy (non-hydrogen) atoms. The monoisotopic (exact) mass is 287 g/mol. The van der Waals surface area contributed by atoms with Crippen molar-refractivity contribution in [2.75, 3.05) is 18.0 Å². The third-order valence-corrected chi connectivity index (χ3v) is 5.66. The number of thioether (sulfide) groups is 1.